The van der Waals surface area contributed by atoms with Gasteiger partial charge in [0.2, 0.25) is 5.89 Å². The van der Waals surface area contributed by atoms with Crippen molar-refractivity contribution in [2.45, 2.75) is 20.4 Å². The van der Waals surface area contributed by atoms with E-state index in [-0.39, 0.29) is 5.82 Å². The van der Waals surface area contributed by atoms with Crippen LogP contribution >= 0.6 is 15.9 Å². The Morgan fingerprint density at radius 2 is 2.21 bits per heavy atom. The molecule has 3 nitrogen and oxygen atoms in total. The first-order valence-corrected chi connectivity index (χ1v) is 6.96. The number of rotatable bonds is 5. The SMILES string of the molecule is CC(C)CNCc1ncc(-c2ccc(F)cc2Br)o1. The van der Waals surface area contributed by atoms with Crippen LogP contribution in [-0.4, -0.2) is 11.5 Å². The third kappa shape index (κ3) is 3.88. The van der Waals surface area contributed by atoms with Crippen LogP contribution in [0.4, 0.5) is 4.39 Å². The van der Waals surface area contributed by atoms with E-state index in [1.165, 1.54) is 12.1 Å². The van der Waals surface area contributed by atoms with E-state index < -0.39 is 0 Å². The first-order chi connectivity index (χ1) is 9.06. The first-order valence-electron chi connectivity index (χ1n) is 6.17. The summed E-state index contributed by atoms with van der Waals surface area (Å²) in [4.78, 5) is 4.21. The molecule has 5 heteroatoms. The number of benzene rings is 1. The average Bonchev–Trinajstić information content (AvgIpc) is 2.77. The number of nitrogens with zero attached hydrogens (tertiary/aromatic N) is 1. The molecule has 0 unspecified atom stereocenters. The van der Waals surface area contributed by atoms with Crippen molar-refractivity contribution in [2.24, 2.45) is 5.92 Å². The molecule has 1 N–H and O–H groups in total. The molecule has 0 bridgehead atoms. The minimum absolute atomic E-state index is 0.283. The van der Waals surface area contributed by atoms with Crippen molar-refractivity contribution in [1.82, 2.24) is 10.3 Å². The Kier molecular flexibility index (Phi) is 4.71. The average molecular weight is 327 g/mol. The highest BCUT2D eigenvalue weighted by Gasteiger charge is 2.10. The molecule has 1 aromatic heterocycles. The van der Waals surface area contributed by atoms with E-state index in [0.717, 1.165) is 12.1 Å². The highest BCUT2D eigenvalue weighted by atomic mass is 79.9. The minimum atomic E-state index is -0.283. The summed E-state index contributed by atoms with van der Waals surface area (Å²) in [7, 11) is 0. The van der Waals surface area contributed by atoms with Crippen molar-refractivity contribution in [3.8, 4) is 11.3 Å². The summed E-state index contributed by atoms with van der Waals surface area (Å²) in [5.74, 6) is 1.56. The zero-order valence-corrected chi connectivity index (χ0v) is 12.5. The molecule has 0 aliphatic carbocycles. The molecule has 0 saturated heterocycles. The highest BCUT2D eigenvalue weighted by Crippen LogP contribution is 2.29. The Hall–Kier alpha value is -1.20. The Bertz CT molecular complexity index is 554. The van der Waals surface area contributed by atoms with Crippen molar-refractivity contribution >= 4 is 15.9 Å². The van der Waals surface area contributed by atoms with Gasteiger partial charge >= 0.3 is 0 Å². The summed E-state index contributed by atoms with van der Waals surface area (Å²) < 4.78 is 19.3. The van der Waals surface area contributed by atoms with Crippen LogP contribution in [0.2, 0.25) is 0 Å². The van der Waals surface area contributed by atoms with Crippen molar-refractivity contribution in [1.29, 1.82) is 0 Å². The molecular weight excluding hydrogens is 311 g/mol. The maximum atomic E-state index is 13.0. The van der Waals surface area contributed by atoms with Crippen LogP contribution in [0.5, 0.6) is 0 Å². The third-order valence-corrected chi connectivity index (χ3v) is 3.24. The van der Waals surface area contributed by atoms with Crippen molar-refractivity contribution in [3.63, 3.8) is 0 Å². The molecule has 0 saturated carbocycles. The van der Waals surface area contributed by atoms with Gasteiger partial charge in [-0.2, -0.15) is 0 Å². The second kappa shape index (κ2) is 6.30. The summed E-state index contributed by atoms with van der Waals surface area (Å²) in [6.45, 7) is 5.79. The Morgan fingerprint density at radius 1 is 1.42 bits per heavy atom. The molecule has 0 fully saturated rings. The van der Waals surface area contributed by atoms with Gasteiger partial charge in [0.25, 0.3) is 0 Å². The van der Waals surface area contributed by atoms with Crippen LogP contribution < -0.4 is 5.32 Å². The number of halogens is 2. The van der Waals surface area contributed by atoms with E-state index in [4.69, 9.17) is 4.42 Å². The molecule has 19 heavy (non-hydrogen) atoms. The largest absolute Gasteiger partial charge is 0.439 e. The van der Waals surface area contributed by atoms with Crippen LogP contribution in [0.3, 0.4) is 0 Å². The maximum absolute atomic E-state index is 13.0. The van der Waals surface area contributed by atoms with Gasteiger partial charge in [-0.1, -0.05) is 13.8 Å². The Labute approximate surface area is 120 Å². The molecule has 0 spiro atoms. The fourth-order valence-electron chi connectivity index (χ4n) is 1.67. The second-order valence-corrected chi connectivity index (χ2v) is 5.62. The lowest BCUT2D eigenvalue weighted by molar-refractivity contribution is 0.459. The number of oxazole rings is 1. The molecule has 0 aliphatic rings. The van der Waals surface area contributed by atoms with Gasteiger partial charge in [0.15, 0.2) is 5.76 Å². The number of hydrogen-bond donors (Lipinski definition) is 1. The van der Waals surface area contributed by atoms with E-state index in [1.54, 1.807) is 12.3 Å². The van der Waals surface area contributed by atoms with Crippen molar-refractivity contribution < 1.29 is 8.81 Å². The zero-order valence-electron chi connectivity index (χ0n) is 10.9. The van der Waals surface area contributed by atoms with Crippen LogP contribution in [-0.2, 0) is 6.54 Å². The van der Waals surface area contributed by atoms with Crippen LogP contribution in [0.1, 0.15) is 19.7 Å². The normalized spacial score (nSPS) is 11.2. The lowest BCUT2D eigenvalue weighted by atomic mass is 10.2. The van der Waals surface area contributed by atoms with Gasteiger partial charge in [0, 0.05) is 10.0 Å². The number of nitrogens with one attached hydrogen (secondary N) is 1. The van der Waals surface area contributed by atoms with E-state index in [2.05, 4.69) is 40.1 Å². The quantitative estimate of drug-likeness (QED) is 0.902. The standard InChI is InChI=1S/C14H16BrFN2O/c1-9(2)6-17-8-14-18-7-13(19-14)11-4-3-10(16)5-12(11)15/h3-5,7,9,17H,6,8H2,1-2H3. The van der Waals surface area contributed by atoms with Crippen molar-refractivity contribution in [3.05, 3.63) is 40.6 Å². The monoisotopic (exact) mass is 326 g/mol. The Balaban J connectivity index is 2.08. The lowest BCUT2D eigenvalue weighted by Crippen LogP contribution is -2.18. The predicted molar refractivity (Wildman–Crippen MR) is 76.1 cm³/mol. The van der Waals surface area contributed by atoms with Gasteiger partial charge in [-0.15, -0.1) is 0 Å². The summed E-state index contributed by atoms with van der Waals surface area (Å²) in [6.07, 6.45) is 1.66. The van der Waals surface area contributed by atoms with Crippen LogP contribution in [0.15, 0.2) is 33.3 Å². The van der Waals surface area contributed by atoms with Crippen LogP contribution in [0.25, 0.3) is 11.3 Å². The summed E-state index contributed by atoms with van der Waals surface area (Å²) in [5, 5.41) is 3.26. The van der Waals surface area contributed by atoms with E-state index >= 15 is 0 Å². The number of hydrogen-bond acceptors (Lipinski definition) is 3. The summed E-state index contributed by atoms with van der Waals surface area (Å²) in [6, 6.07) is 4.49. The molecule has 2 rings (SSSR count). The molecular formula is C14H16BrFN2O. The zero-order chi connectivity index (χ0) is 13.8. The topological polar surface area (TPSA) is 38.1 Å². The third-order valence-electron chi connectivity index (χ3n) is 2.58. The minimum Gasteiger partial charge on any atom is -0.439 e. The molecule has 1 aromatic carbocycles. The van der Waals surface area contributed by atoms with Gasteiger partial charge in [0.1, 0.15) is 5.82 Å². The predicted octanol–water partition coefficient (Wildman–Crippen LogP) is 3.99. The molecule has 0 atom stereocenters. The molecule has 1 heterocycles. The fraction of sp³-hybridized carbons (Fsp3) is 0.357. The Morgan fingerprint density at radius 3 is 2.89 bits per heavy atom. The van der Waals surface area contributed by atoms with E-state index in [1.807, 2.05) is 0 Å². The fourth-order valence-corrected chi connectivity index (χ4v) is 2.22. The van der Waals surface area contributed by atoms with Crippen molar-refractivity contribution in [2.75, 3.05) is 6.54 Å². The van der Waals surface area contributed by atoms with Gasteiger partial charge in [0.05, 0.1) is 12.7 Å². The lowest BCUT2D eigenvalue weighted by Gasteiger charge is -2.04. The van der Waals surface area contributed by atoms with E-state index in [9.17, 15) is 4.39 Å². The van der Waals surface area contributed by atoms with Gasteiger partial charge in [-0.3, -0.25) is 0 Å². The van der Waals surface area contributed by atoms with Gasteiger partial charge in [-0.05, 0) is 46.6 Å². The maximum Gasteiger partial charge on any atom is 0.208 e. The molecule has 102 valence electrons. The van der Waals surface area contributed by atoms with Gasteiger partial charge in [-0.25, -0.2) is 9.37 Å². The highest BCUT2D eigenvalue weighted by molar-refractivity contribution is 9.10. The molecule has 0 aliphatic heterocycles. The molecule has 0 amide bonds. The first kappa shape index (κ1) is 14.2. The molecule has 0 radical (unpaired) electrons. The van der Waals surface area contributed by atoms with Crippen LogP contribution in [0, 0.1) is 11.7 Å². The van der Waals surface area contributed by atoms with E-state index in [0.29, 0.717) is 28.6 Å². The smallest absolute Gasteiger partial charge is 0.208 e. The molecule has 2 aromatic rings. The summed E-state index contributed by atoms with van der Waals surface area (Å²) in [5.41, 5.74) is 0.795. The number of aromatic nitrogens is 1. The van der Waals surface area contributed by atoms with Gasteiger partial charge < -0.3 is 9.73 Å². The second-order valence-electron chi connectivity index (χ2n) is 4.77. The summed E-state index contributed by atoms with van der Waals surface area (Å²) >= 11 is 3.32.